The smallest absolute Gasteiger partial charge is 0.260 e. The Hall–Kier alpha value is -2.20. The summed E-state index contributed by atoms with van der Waals surface area (Å²) < 4.78 is 2.09. The molecular formula is C21H24N2OS. The minimum absolute atomic E-state index is 0.0127. The Morgan fingerprint density at radius 3 is 2.40 bits per heavy atom. The van der Waals surface area contributed by atoms with Gasteiger partial charge in [-0.05, 0) is 18.2 Å². The third-order valence-corrected chi connectivity index (χ3v) is 5.25. The zero-order chi connectivity index (χ0) is 18.2. The molecular weight excluding hydrogens is 328 g/mol. The predicted octanol–water partition coefficient (Wildman–Crippen LogP) is 5.35. The van der Waals surface area contributed by atoms with Crippen LogP contribution in [-0.2, 0) is 7.05 Å². The first-order chi connectivity index (χ1) is 11.8. The van der Waals surface area contributed by atoms with Crippen molar-refractivity contribution in [3.8, 4) is 0 Å². The molecule has 0 saturated carbocycles. The van der Waals surface area contributed by atoms with Crippen LogP contribution in [0.1, 0.15) is 31.1 Å². The number of aryl methyl sites for hydroxylation is 1. The van der Waals surface area contributed by atoms with Gasteiger partial charge in [-0.3, -0.25) is 4.79 Å². The molecule has 2 aromatic carbocycles. The molecule has 25 heavy (non-hydrogen) atoms. The third kappa shape index (κ3) is 3.59. The first-order valence-electron chi connectivity index (χ1n) is 8.38. The Kier molecular flexibility index (Phi) is 4.65. The first-order valence-corrected chi connectivity index (χ1v) is 9.20. The molecule has 130 valence electrons. The number of hydrogen-bond donors (Lipinski definition) is 0. The largest absolute Gasteiger partial charge is 0.350 e. The van der Waals surface area contributed by atoms with E-state index in [1.165, 1.54) is 0 Å². The molecule has 0 bridgehead atoms. The number of fused-ring (bicyclic) bond motifs is 1. The van der Waals surface area contributed by atoms with Gasteiger partial charge >= 0.3 is 0 Å². The Morgan fingerprint density at radius 2 is 1.68 bits per heavy atom. The number of amides is 1. The predicted molar refractivity (Wildman–Crippen MR) is 108 cm³/mol. The summed E-state index contributed by atoms with van der Waals surface area (Å²) in [5, 5.41) is 0.989. The number of anilines is 1. The topological polar surface area (TPSA) is 25.2 Å². The molecule has 0 aliphatic rings. The highest BCUT2D eigenvalue weighted by molar-refractivity contribution is 8.00. The van der Waals surface area contributed by atoms with Crippen LogP contribution in [0.3, 0.4) is 0 Å². The molecule has 0 fully saturated rings. The SMILES string of the molecule is CN(C(=O)c1cn(C)c2ccccc12)c1ccccc1SC(C)(C)C. The lowest BCUT2D eigenvalue weighted by molar-refractivity contribution is 0.0994. The van der Waals surface area contributed by atoms with E-state index in [2.05, 4.69) is 26.8 Å². The van der Waals surface area contributed by atoms with Gasteiger partial charge in [0, 0.05) is 40.8 Å². The van der Waals surface area contributed by atoms with E-state index in [-0.39, 0.29) is 10.7 Å². The number of carbonyl (C=O) groups excluding carboxylic acids is 1. The maximum absolute atomic E-state index is 13.2. The second kappa shape index (κ2) is 6.60. The van der Waals surface area contributed by atoms with Crippen molar-refractivity contribution in [2.75, 3.05) is 11.9 Å². The van der Waals surface area contributed by atoms with Gasteiger partial charge in [-0.2, -0.15) is 0 Å². The summed E-state index contributed by atoms with van der Waals surface area (Å²) in [4.78, 5) is 16.1. The Bertz CT molecular complexity index is 921. The van der Waals surface area contributed by atoms with Gasteiger partial charge in [0.1, 0.15) is 0 Å². The van der Waals surface area contributed by atoms with Gasteiger partial charge < -0.3 is 9.47 Å². The summed E-state index contributed by atoms with van der Waals surface area (Å²) in [6.45, 7) is 6.54. The summed E-state index contributed by atoms with van der Waals surface area (Å²) >= 11 is 1.78. The summed E-state index contributed by atoms with van der Waals surface area (Å²) in [7, 11) is 3.83. The first kappa shape index (κ1) is 17.6. The molecule has 4 heteroatoms. The summed E-state index contributed by atoms with van der Waals surface area (Å²) in [5.41, 5.74) is 2.74. The number of rotatable bonds is 3. The molecule has 0 radical (unpaired) electrons. The maximum Gasteiger partial charge on any atom is 0.260 e. The molecule has 3 rings (SSSR count). The van der Waals surface area contributed by atoms with Crippen molar-refractivity contribution in [1.29, 1.82) is 0 Å². The average molecular weight is 353 g/mol. The molecule has 1 heterocycles. The lowest BCUT2D eigenvalue weighted by atomic mass is 10.1. The van der Waals surface area contributed by atoms with Gasteiger partial charge in [0.15, 0.2) is 0 Å². The van der Waals surface area contributed by atoms with E-state index in [1.54, 1.807) is 16.7 Å². The van der Waals surface area contributed by atoms with Crippen molar-refractivity contribution >= 4 is 34.3 Å². The quantitative estimate of drug-likeness (QED) is 0.594. The van der Waals surface area contributed by atoms with Gasteiger partial charge in [-0.15, -0.1) is 11.8 Å². The van der Waals surface area contributed by atoms with Crippen LogP contribution >= 0.6 is 11.8 Å². The van der Waals surface area contributed by atoms with E-state index in [0.29, 0.717) is 0 Å². The van der Waals surface area contributed by atoms with Crippen LogP contribution in [-0.4, -0.2) is 22.3 Å². The van der Waals surface area contributed by atoms with Gasteiger partial charge in [0.25, 0.3) is 5.91 Å². The van der Waals surface area contributed by atoms with Crippen LogP contribution in [0.15, 0.2) is 59.6 Å². The molecule has 0 N–H and O–H groups in total. The van der Waals surface area contributed by atoms with Crippen LogP contribution in [0, 0.1) is 0 Å². The highest BCUT2D eigenvalue weighted by atomic mass is 32.2. The number of para-hydroxylation sites is 2. The molecule has 1 aromatic heterocycles. The van der Waals surface area contributed by atoms with Crippen molar-refractivity contribution in [1.82, 2.24) is 4.57 Å². The molecule has 0 saturated heterocycles. The third-order valence-electron chi connectivity index (χ3n) is 4.07. The molecule has 0 unspecified atom stereocenters. The van der Waals surface area contributed by atoms with Crippen molar-refractivity contribution in [3.05, 3.63) is 60.3 Å². The number of benzene rings is 2. The van der Waals surface area contributed by atoms with E-state index in [1.807, 2.05) is 67.3 Å². The second-order valence-electron chi connectivity index (χ2n) is 7.22. The summed E-state index contributed by atoms with van der Waals surface area (Å²) in [6.07, 6.45) is 1.92. The Labute approximate surface area is 153 Å². The average Bonchev–Trinajstić information content (AvgIpc) is 2.90. The molecule has 3 nitrogen and oxygen atoms in total. The van der Waals surface area contributed by atoms with Gasteiger partial charge in [0.05, 0.1) is 11.3 Å². The van der Waals surface area contributed by atoms with Crippen LogP contribution in [0.4, 0.5) is 5.69 Å². The molecule has 0 atom stereocenters. The molecule has 1 amide bonds. The second-order valence-corrected chi connectivity index (χ2v) is 9.09. The fourth-order valence-corrected chi connectivity index (χ4v) is 4.07. The fourth-order valence-electron chi connectivity index (χ4n) is 2.95. The Morgan fingerprint density at radius 1 is 1.04 bits per heavy atom. The van der Waals surface area contributed by atoms with Crippen LogP contribution in [0.25, 0.3) is 10.9 Å². The Balaban J connectivity index is 2.01. The monoisotopic (exact) mass is 352 g/mol. The van der Waals surface area contributed by atoms with Crippen molar-refractivity contribution in [2.24, 2.45) is 7.05 Å². The lowest BCUT2D eigenvalue weighted by Gasteiger charge is -2.24. The van der Waals surface area contributed by atoms with E-state index >= 15 is 0 Å². The molecule has 0 aliphatic carbocycles. The van der Waals surface area contributed by atoms with E-state index < -0.39 is 0 Å². The van der Waals surface area contributed by atoms with Crippen LogP contribution in [0.5, 0.6) is 0 Å². The lowest BCUT2D eigenvalue weighted by Crippen LogP contribution is -2.27. The molecule has 0 spiro atoms. The minimum atomic E-state index is 0.0127. The van der Waals surface area contributed by atoms with Gasteiger partial charge in [0.2, 0.25) is 0 Å². The zero-order valence-corrected chi connectivity index (χ0v) is 16.2. The van der Waals surface area contributed by atoms with E-state index in [9.17, 15) is 4.79 Å². The van der Waals surface area contributed by atoms with Gasteiger partial charge in [-0.1, -0.05) is 51.1 Å². The standard InChI is InChI=1S/C21H24N2OS/c1-21(2,3)25-19-13-9-8-12-18(19)23(5)20(24)16-14-22(4)17-11-7-6-10-15(16)17/h6-14H,1-5H3. The number of aromatic nitrogens is 1. The van der Waals surface area contributed by atoms with Crippen molar-refractivity contribution < 1.29 is 4.79 Å². The minimum Gasteiger partial charge on any atom is -0.350 e. The van der Waals surface area contributed by atoms with Gasteiger partial charge in [-0.25, -0.2) is 0 Å². The fraction of sp³-hybridized carbons (Fsp3) is 0.286. The zero-order valence-electron chi connectivity index (χ0n) is 15.4. The highest BCUT2D eigenvalue weighted by Gasteiger charge is 2.22. The number of hydrogen-bond acceptors (Lipinski definition) is 2. The normalized spacial score (nSPS) is 11.7. The van der Waals surface area contributed by atoms with Crippen LogP contribution < -0.4 is 4.90 Å². The van der Waals surface area contributed by atoms with Crippen molar-refractivity contribution in [3.63, 3.8) is 0 Å². The van der Waals surface area contributed by atoms with E-state index in [0.717, 1.165) is 27.0 Å². The molecule has 0 aliphatic heterocycles. The highest BCUT2D eigenvalue weighted by Crippen LogP contribution is 2.38. The van der Waals surface area contributed by atoms with Crippen LogP contribution in [0.2, 0.25) is 0 Å². The van der Waals surface area contributed by atoms with E-state index in [4.69, 9.17) is 0 Å². The summed E-state index contributed by atoms with van der Waals surface area (Å²) in [6, 6.07) is 16.1. The van der Waals surface area contributed by atoms with Crippen molar-refractivity contribution in [2.45, 2.75) is 30.4 Å². The maximum atomic E-state index is 13.2. The summed E-state index contributed by atoms with van der Waals surface area (Å²) in [5.74, 6) is 0.0127. The molecule has 3 aromatic rings. The number of thioether (sulfide) groups is 1. The number of carbonyl (C=O) groups is 1. The number of nitrogens with zero attached hydrogens (tertiary/aromatic N) is 2.